The Labute approximate surface area is 113 Å². The molecule has 1 heterocycles. The summed E-state index contributed by atoms with van der Waals surface area (Å²) in [5.41, 5.74) is -1.24. The van der Waals surface area contributed by atoms with Crippen LogP contribution in [0.2, 0.25) is 0 Å². The number of alkyl halides is 3. The maximum absolute atomic E-state index is 12.3. The van der Waals surface area contributed by atoms with Gasteiger partial charge in [-0.2, -0.15) is 13.2 Å². The zero-order valence-electron chi connectivity index (χ0n) is 10.8. The highest BCUT2D eigenvalue weighted by Gasteiger charge is 2.54. The van der Waals surface area contributed by atoms with Crippen LogP contribution in [-0.2, 0) is 9.59 Å². The van der Waals surface area contributed by atoms with Gasteiger partial charge in [0, 0.05) is 13.0 Å². The number of amides is 4. The second-order valence-electron chi connectivity index (χ2n) is 5.22. The Balaban J connectivity index is 2.06. The van der Waals surface area contributed by atoms with E-state index >= 15 is 0 Å². The quantitative estimate of drug-likeness (QED) is 0.809. The number of hydrogen-bond acceptors (Lipinski definition) is 3. The lowest BCUT2D eigenvalue weighted by atomic mass is 9.82. The molecule has 8 heteroatoms. The summed E-state index contributed by atoms with van der Waals surface area (Å²) in [6, 6.07) is -0.917. The Morgan fingerprint density at radius 3 is 2.30 bits per heavy atom. The largest absolute Gasteiger partial charge is 0.389 e. The number of barbiturate groups is 1. The number of hydrogen-bond donors (Lipinski definition) is 1. The number of nitrogens with zero attached hydrogens (tertiary/aromatic N) is 1. The minimum Gasteiger partial charge on any atom is -0.277 e. The average Bonchev–Trinajstić information content (AvgIpc) is 2.81. The van der Waals surface area contributed by atoms with Gasteiger partial charge in [0.15, 0.2) is 0 Å². The van der Waals surface area contributed by atoms with Gasteiger partial charge in [-0.05, 0) is 19.3 Å². The summed E-state index contributed by atoms with van der Waals surface area (Å²) >= 11 is 0. The molecule has 112 valence electrons. The van der Waals surface area contributed by atoms with E-state index < -0.39 is 35.9 Å². The van der Waals surface area contributed by atoms with Crippen molar-refractivity contribution in [2.75, 3.05) is 6.54 Å². The van der Waals surface area contributed by atoms with E-state index in [4.69, 9.17) is 0 Å². The van der Waals surface area contributed by atoms with Crippen LogP contribution in [0.15, 0.2) is 0 Å². The Kier molecular flexibility index (Phi) is 3.75. The maximum Gasteiger partial charge on any atom is 0.389 e. The van der Waals surface area contributed by atoms with Crippen molar-refractivity contribution in [1.29, 1.82) is 0 Å². The SMILES string of the molecule is O=C1NC(=O)C2(CCCC2)C(=O)N1CCCC(F)(F)F. The predicted molar refractivity (Wildman–Crippen MR) is 61.4 cm³/mol. The van der Waals surface area contributed by atoms with E-state index in [1.807, 2.05) is 0 Å². The second kappa shape index (κ2) is 5.06. The lowest BCUT2D eigenvalue weighted by Crippen LogP contribution is -2.63. The lowest BCUT2D eigenvalue weighted by Gasteiger charge is -2.36. The predicted octanol–water partition coefficient (Wildman–Crippen LogP) is 1.97. The highest BCUT2D eigenvalue weighted by atomic mass is 19.4. The standard InChI is InChI=1S/C12H15F3N2O3/c13-12(14,15)6-3-7-17-9(19)11(4-1-2-5-11)8(18)16-10(17)20/h1-7H2,(H,16,18,20). The molecule has 2 fully saturated rings. The fraction of sp³-hybridized carbons (Fsp3) is 0.750. The molecular weight excluding hydrogens is 277 g/mol. The van der Waals surface area contributed by atoms with Gasteiger partial charge in [0.25, 0.3) is 0 Å². The van der Waals surface area contributed by atoms with E-state index in [9.17, 15) is 27.6 Å². The molecule has 2 aliphatic rings. The van der Waals surface area contributed by atoms with Crippen molar-refractivity contribution in [2.24, 2.45) is 5.41 Å². The molecule has 0 atom stereocenters. The first-order valence-electron chi connectivity index (χ1n) is 6.50. The van der Waals surface area contributed by atoms with Crippen LogP contribution < -0.4 is 5.32 Å². The summed E-state index contributed by atoms with van der Waals surface area (Å²) in [6.07, 6.45) is -3.65. The highest BCUT2D eigenvalue weighted by Crippen LogP contribution is 2.41. The summed E-state index contributed by atoms with van der Waals surface area (Å²) in [7, 11) is 0. The molecule has 0 radical (unpaired) electrons. The van der Waals surface area contributed by atoms with E-state index in [-0.39, 0.29) is 13.0 Å². The van der Waals surface area contributed by atoms with E-state index in [2.05, 4.69) is 5.32 Å². The molecule has 2 rings (SSSR count). The molecule has 0 aromatic carbocycles. The topological polar surface area (TPSA) is 66.5 Å². The Hall–Kier alpha value is -1.60. The third kappa shape index (κ3) is 2.64. The van der Waals surface area contributed by atoms with Crippen molar-refractivity contribution in [3.8, 4) is 0 Å². The fourth-order valence-corrected chi connectivity index (χ4v) is 2.79. The van der Waals surface area contributed by atoms with Crippen LogP contribution in [0.4, 0.5) is 18.0 Å². The first-order chi connectivity index (χ1) is 9.26. The maximum atomic E-state index is 12.3. The van der Waals surface area contributed by atoms with Crippen LogP contribution >= 0.6 is 0 Å². The van der Waals surface area contributed by atoms with Gasteiger partial charge in [-0.1, -0.05) is 12.8 Å². The minimum atomic E-state index is -4.32. The summed E-state index contributed by atoms with van der Waals surface area (Å²) in [5, 5.41) is 2.09. The van der Waals surface area contributed by atoms with Crippen LogP contribution in [0.3, 0.4) is 0 Å². The summed E-state index contributed by atoms with van der Waals surface area (Å²) in [4.78, 5) is 36.5. The molecule has 1 aliphatic carbocycles. The molecule has 0 aromatic heterocycles. The summed E-state index contributed by atoms with van der Waals surface area (Å²) < 4.78 is 36.3. The van der Waals surface area contributed by atoms with Gasteiger partial charge in [0.2, 0.25) is 11.8 Å². The Morgan fingerprint density at radius 2 is 1.75 bits per heavy atom. The minimum absolute atomic E-state index is 0.320. The molecule has 4 amide bonds. The summed E-state index contributed by atoms with van der Waals surface area (Å²) in [6.45, 7) is -0.320. The zero-order valence-corrected chi connectivity index (χ0v) is 10.8. The number of rotatable bonds is 3. The molecule has 0 unspecified atom stereocenters. The van der Waals surface area contributed by atoms with E-state index in [0.29, 0.717) is 25.7 Å². The number of carbonyl (C=O) groups is 3. The highest BCUT2D eigenvalue weighted by molar-refractivity contribution is 6.19. The third-order valence-corrected chi connectivity index (χ3v) is 3.85. The van der Waals surface area contributed by atoms with Gasteiger partial charge < -0.3 is 0 Å². The van der Waals surface area contributed by atoms with Crippen LogP contribution in [0, 0.1) is 5.41 Å². The smallest absolute Gasteiger partial charge is 0.277 e. The average molecular weight is 292 g/mol. The molecule has 1 spiro atoms. The van der Waals surface area contributed by atoms with Crippen molar-refractivity contribution >= 4 is 17.8 Å². The van der Waals surface area contributed by atoms with E-state index in [0.717, 1.165) is 4.90 Å². The first kappa shape index (κ1) is 14.8. The van der Waals surface area contributed by atoms with Crippen molar-refractivity contribution < 1.29 is 27.6 Å². The van der Waals surface area contributed by atoms with Crippen LogP contribution in [0.25, 0.3) is 0 Å². The van der Waals surface area contributed by atoms with E-state index in [1.165, 1.54) is 0 Å². The number of carbonyl (C=O) groups excluding carboxylic acids is 3. The van der Waals surface area contributed by atoms with Gasteiger partial charge in [0.1, 0.15) is 5.41 Å². The normalized spacial score (nSPS) is 22.6. The zero-order chi connectivity index (χ0) is 15.0. The summed E-state index contributed by atoms with van der Waals surface area (Å²) in [5.74, 6) is -1.26. The number of imide groups is 2. The fourth-order valence-electron chi connectivity index (χ4n) is 2.79. The number of nitrogens with one attached hydrogen (secondary N) is 1. The molecule has 20 heavy (non-hydrogen) atoms. The van der Waals surface area contributed by atoms with Gasteiger partial charge in [-0.3, -0.25) is 19.8 Å². The lowest BCUT2D eigenvalue weighted by molar-refractivity contribution is -0.153. The number of halogens is 3. The van der Waals surface area contributed by atoms with Gasteiger partial charge in [0.05, 0.1) is 0 Å². The molecule has 1 aliphatic heterocycles. The monoisotopic (exact) mass is 292 g/mol. The molecule has 1 saturated carbocycles. The Bertz CT molecular complexity index is 442. The molecule has 0 aromatic rings. The first-order valence-corrected chi connectivity index (χ1v) is 6.50. The van der Waals surface area contributed by atoms with Crippen molar-refractivity contribution in [1.82, 2.24) is 10.2 Å². The molecule has 0 bridgehead atoms. The van der Waals surface area contributed by atoms with Crippen LogP contribution in [-0.4, -0.2) is 35.5 Å². The van der Waals surface area contributed by atoms with Gasteiger partial charge in [-0.25, -0.2) is 4.79 Å². The number of urea groups is 1. The van der Waals surface area contributed by atoms with Crippen LogP contribution in [0.1, 0.15) is 38.5 Å². The van der Waals surface area contributed by atoms with Gasteiger partial charge in [-0.15, -0.1) is 0 Å². The van der Waals surface area contributed by atoms with Crippen molar-refractivity contribution in [2.45, 2.75) is 44.7 Å². The van der Waals surface area contributed by atoms with E-state index in [1.54, 1.807) is 0 Å². The van der Waals surface area contributed by atoms with Crippen LogP contribution in [0.5, 0.6) is 0 Å². The van der Waals surface area contributed by atoms with Gasteiger partial charge >= 0.3 is 12.2 Å². The Morgan fingerprint density at radius 1 is 1.15 bits per heavy atom. The molecule has 1 saturated heterocycles. The molecule has 5 nitrogen and oxygen atoms in total. The third-order valence-electron chi connectivity index (χ3n) is 3.85. The second-order valence-corrected chi connectivity index (χ2v) is 5.22. The van der Waals surface area contributed by atoms with Crippen molar-refractivity contribution in [3.05, 3.63) is 0 Å². The molecule has 1 N–H and O–H groups in total. The molecular formula is C12H15F3N2O3. The van der Waals surface area contributed by atoms with Crippen molar-refractivity contribution in [3.63, 3.8) is 0 Å².